The molecule has 0 amide bonds. The Hall–Kier alpha value is -2.97. The Morgan fingerprint density at radius 1 is 1.06 bits per heavy atom. The molecule has 2 heterocycles. The molecule has 8 heteroatoms. The molecule has 6 nitrogen and oxygen atoms in total. The number of fused-ring (bicyclic) bond motifs is 3. The molecule has 1 aliphatic rings. The van der Waals surface area contributed by atoms with Gasteiger partial charge < -0.3 is 5.32 Å². The molecule has 1 unspecified atom stereocenters. The second kappa shape index (κ2) is 9.48. The summed E-state index contributed by atoms with van der Waals surface area (Å²) in [5.41, 5.74) is 2.71. The van der Waals surface area contributed by atoms with Crippen LogP contribution in [0.4, 0.5) is 17.2 Å². The number of anilines is 3. The highest BCUT2D eigenvalue weighted by Gasteiger charge is 2.32. The van der Waals surface area contributed by atoms with E-state index in [-0.39, 0.29) is 10.3 Å². The number of thiophene rings is 1. The van der Waals surface area contributed by atoms with Crippen LogP contribution in [0.3, 0.4) is 0 Å². The predicted molar refractivity (Wildman–Crippen MR) is 149 cm³/mol. The maximum Gasteiger partial charge on any atom is 0.266 e. The van der Waals surface area contributed by atoms with Crippen LogP contribution < -0.4 is 9.62 Å². The molecule has 36 heavy (non-hydrogen) atoms. The van der Waals surface area contributed by atoms with Gasteiger partial charge in [-0.25, -0.2) is 18.4 Å². The molecule has 1 N–H and O–H groups in total. The van der Waals surface area contributed by atoms with Crippen molar-refractivity contribution in [3.63, 3.8) is 0 Å². The Balaban J connectivity index is 1.55. The number of hydrogen-bond acceptors (Lipinski definition) is 6. The van der Waals surface area contributed by atoms with Gasteiger partial charge in [-0.15, -0.1) is 11.3 Å². The summed E-state index contributed by atoms with van der Waals surface area (Å²) in [5.74, 6) is 1.29. The number of hydrogen-bond donors (Lipinski definition) is 1. The van der Waals surface area contributed by atoms with Crippen LogP contribution in [0.2, 0.25) is 0 Å². The third kappa shape index (κ3) is 4.48. The van der Waals surface area contributed by atoms with Gasteiger partial charge in [0.25, 0.3) is 10.0 Å². The average Bonchev–Trinajstić information content (AvgIpc) is 3.23. The van der Waals surface area contributed by atoms with E-state index < -0.39 is 10.0 Å². The highest BCUT2D eigenvalue weighted by Crippen LogP contribution is 2.44. The maximum absolute atomic E-state index is 13.8. The van der Waals surface area contributed by atoms with Crippen molar-refractivity contribution >= 4 is 48.8 Å². The first-order chi connectivity index (χ1) is 17.2. The fourth-order valence-electron chi connectivity index (χ4n) is 5.07. The fraction of sp³-hybridized carbons (Fsp3) is 0.357. The zero-order valence-corrected chi connectivity index (χ0v) is 22.8. The highest BCUT2D eigenvalue weighted by molar-refractivity contribution is 7.93. The van der Waals surface area contributed by atoms with Crippen LogP contribution in [0.1, 0.15) is 44.6 Å². The lowest BCUT2D eigenvalue weighted by Crippen LogP contribution is -2.31. The lowest BCUT2D eigenvalue weighted by molar-refractivity contribution is 0.218. The summed E-state index contributed by atoms with van der Waals surface area (Å²) in [6.07, 6.45) is 4.72. The fourth-order valence-corrected chi connectivity index (χ4v) is 7.96. The van der Waals surface area contributed by atoms with Crippen LogP contribution in [-0.2, 0) is 22.9 Å². The minimum absolute atomic E-state index is 0.222. The molecule has 0 spiro atoms. The number of aryl methyl sites for hydroxylation is 1. The average molecular weight is 521 g/mol. The van der Waals surface area contributed by atoms with E-state index in [4.69, 9.17) is 0 Å². The smallest absolute Gasteiger partial charge is 0.266 e. The SMILES string of the molecule is CCN(c1ccccc1)S(=O)(=O)c1ccccc1Nc1ncnc2sc3c(c12)CCC(C(C)(C)C)C3. The van der Waals surface area contributed by atoms with Crippen molar-refractivity contribution < 1.29 is 8.42 Å². The molecule has 4 aromatic rings. The topological polar surface area (TPSA) is 75.2 Å². The molecule has 0 bridgehead atoms. The predicted octanol–water partition coefficient (Wildman–Crippen LogP) is 6.80. The van der Waals surface area contributed by atoms with Crippen molar-refractivity contribution in [2.24, 2.45) is 11.3 Å². The van der Waals surface area contributed by atoms with E-state index in [2.05, 4.69) is 36.1 Å². The van der Waals surface area contributed by atoms with Gasteiger partial charge in [-0.3, -0.25) is 4.31 Å². The van der Waals surface area contributed by atoms with Crippen molar-refractivity contribution in [2.45, 2.75) is 51.9 Å². The minimum Gasteiger partial charge on any atom is -0.338 e. The Bertz CT molecular complexity index is 1490. The van der Waals surface area contributed by atoms with E-state index >= 15 is 0 Å². The molecule has 188 valence electrons. The zero-order chi connectivity index (χ0) is 25.5. The van der Waals surface area contributed by atoms with Gasteiger partial charge in [0.1, 0.15) is 21.9 Å². The molecule has 5 rings (SSSR count). The number of sulfonamides is 1. The first-order valence-electron chi connectivity index (χ1n) is 12.4. The summed E-state index contributed by atoms with van der Waals surface area (Å²) in [5, 5.41) is 4.40. The largest absolute Gasteiger partial charge is 0.338 e. The Morgan fingerprint density at radius 3 is 2.50 bits per heavy atom. The van der Waals surface area contributed by atoms with E-state index in [9.17, 15) is 8.42 Å². The summed E-state index contributed by atoms with van der Waals surface area (Å²) in [4.78, 5) is 11.7. The molecule has 0 fully saturated rings. The molecular formula is C28H32N4O2S2. The van der Waals surface area contributed by atoms with Crippen molar-refractivity contribution in [3.05, 3.63) is 71.4 Å². The summed E-state index contributed by atoms with van der Waals surface area (Å²) in [6, 6.07) is 16.2. The quantitative estimate of drug-likeness (QED) is 0.303. The maximum atomic E-state index is 13.8. The van der Waals surface area contributed by atoms with Gasteiger partial charge in [0.15, 0.2) is 0 Å². The standard InChI is InChI=1S/C28H32N4O2S2/c1-5-32(20-11-7-6-8-12-20)36(33,34)24-14-10-9-13-22(24)31-26-25-21-16-15-19(28(2,3)4)17-23(21)35-27(25)30-18-29-26/h6-14,18-19H,5,15-17H2,1-4H3,(H,29,30,31). The minimum atomic E-state index is -3.81. The molecule has 2 aromatic carbocycles. The number of nitrogens with one attached hydrogen (secondary N) is 1. The van der Waals surface area contributed by atoms with Crippen LogP contribution in [0.25, 0.3) is 10.2 Å². The lowest BCUT2D eigenvalue weighted by atomic mass is 9.72. The number of nitrogens with zero attached hydrogens (tertiary/aromatic N) is 3. The van der Waals surface area contributed by atoms with Crippen molar-refractivity contribution in [3.8, 4) is 0 Å². The summed E-state index contributed by atoms with van der Waals surface area (Å²) < 4.78 is 29.0. The lowest BCUT2D eigenvalue weighted by Gasteiger charge is -2.33. The van der Waals surface area contributed by atoms with Crippen LogP contribution >= 0.6 is 11.3 Å². The summed E-state index contributed by atoms with van der Waals surface area (Å²) >= 11 is 1.74. The summed E-state index contributed by atoms with van der Waals surface area (Å²) in [6.45, 7) is 9.11. The molecule has 0 saturated carbocycles. The normalized spacial score (nSPS) is 16.1. The summed E-state index contributed by atoms with van der Waals surface area (Å²) in [7, 11) is -3.81. The van der Waals surface area contributed by atoms with Crippen LogP contribution in [0, 0.1) is 11.3 Å². The molecule has 0 radical (unpaired) electrons. The number of aromatic nitrogens is 2. The first-order valence-corrected chi connectivity index (χ1v) is 14.6. The van der Waals surface area contributed by atoms with Gasteiger partial charge >= 0.3 is 0 Å². The van der Waals surface area contributed by atoms with Gasteiger partial charge in [-0.05, 0) is 67.3 Å². The number of benzene rings is 2. The molecular weight excluding hydrogens is 488 g/mol. The molecule has 1 atom stereocenters. The van der Waals surface area contributed by atoms with Gasteiger partial charge in [0, 0.05) is 11.4 Å². The molecule has 0 aliphatic heterocycles. The number of rotatable bonds is 6. The molecule has 1 aliphatic carbocycles. The number of para-hydroxylation sites is 2. The zero-order valence-electron chi connectivity index (χ0n) is 21.2. The Labute approximate surface area is 217 Å². The van der Waals surface area contributed by atoms with Crippen LogP contribution in [0.5, 0.6) is 0 Å². The highest BCUT2D eigenvalue weighted by atomic mass is 32.2. The first kappa shape index (κ1) is 24.7. The second-order valence-corrected chi connectivity index (χ2v) is 13.3. The van der Waals surface area contributed by atoms with E-state index in [1.165, 1.54) is 14.7 Å². The van der Waals surface area contributed by atoms with Gasteiger partial charge in [0.2, 0.25) is 0 Å². The third-order valence-corrected chi connectivity index (χ3v) is 10.2. The Morgan fingerprint density at radius 2 is 1.78 bits per heavy atom. The Kier molecular flexibility index (Phi) is 6.51. The van der Waals surface area contributed by atoms with Crippen LogP contribution in [-0.4, -0.2) is 24.9 Å². The van der Waals surface area contributed by atoms with Gasteiger partial charge in [-0.2, -0.15) is 0 Å². The van der Waals surface area contributed by atoms with Crippen molar-refractivity contribution in [2.75, 3.05) is 16.2 Å². The van der Waals surface area contributed by atoms with E-state index in [1.807, 2.05) is 43.3 Å². The molecule has 0 saturated heterocycles. The van der Waals surface area contributed by atoms with Gasteiger partial charge in [-0.1, -0.05) is 51.1 Å². The van der Waals surface area contributed by atoms with Crippen molar-refractivity contribution in [1.29, 1.82) is 0 Å². The van der Waals surface area contributed by atoms with Crippen LogP contribution in [0.15, 0.2) is 65.8 Å². The monoisotopic (exact) mass is 520 g/mol. The van der Waals surface area contributed by atoms with E-state index in [0.717, 1.165) is 29.5 Å². The van der Waals surface area contributed by atoms with E-state index in [0.29, 0.717) is 29.7 Å². The van der Waals surface area contributed by atoms with Gasteiger partial charge in [0.05, 0.1) is 16.8 Å². The van der Waals surface area contributed by atoms with Crippen molar-refractivity contribution in [1.82, 2.24) is 9.97 Å². The van der Waals surface area contributed by atoms with E-state index in [1.54, 1.807) is 35.9 Å². The second-order valence-electron chi connectivity index (χ2n) is 10.3. The molecule has 2 aromatic heterocycles. The third-order valence-electron chi connectivity index (χ3n) is 7.11.